The Morgan fingerprint density at radius 1 is 1.42 bits per heavy atom. The maximum Gasteiger partial charge on any atom is 0.133 e. The first kappa shape index (κ1) is 15.2. The number of halogens is 1. The van der Waals surface area contributed by atoms with Crippen molar-refractivity contribution in [2.24, 2.45) is 11.7 Å². The summed E-state index contributed by atoms with van der Waals surface area (Å²) in [5, 5.41) is 0. The van der Waals surface area contributed by atoms with Gasteiger partial charge in [-0.3, -0.25) is 0 Å². The summed E-state index contributed by atoms with van der Waals surface area (Å²) in [7, 11) is 1.69. The number of rotatable bonds is 5. The highest BCUT2D eigenvalue weighted by molar-refractivity contribution is 9.10. The van der Waals surface area contributed by atoms with Gasteiger partial charge in [0.1, 0.15) is 5.75 Å². The lowest BCUT2D eigenvalue weighted by Crippen LogP contribution is -2.27. The van der Waals surface area contributed by atoms with Crippen molar-refractivity contribution in [1.29, 1.82) is 0 Å². The molecule has 2 rings (SSSR count). The number of thioether (sulfide) groups is 1. The van der Waals surface area contributed by atoms with Crippen molar-refractivity contribution in [1.82, 2.24) is 0 Å². The van der Waals surface area contributed by atoms with E-state index < -0.39 is 0 Å². The van der Waals surface area contributed by atoms with Crippen LogP contribution in [0.2, 0.25) is 0 Å². The molecule has 0 bridgehead atoms. The first-order valence-electron chi connectivity index (χ1n) is 6.84. The normalized spacial score (nSPS) is 18.3. The molecule has 0 amide bonds. The highest BCUT2D eigenvalue weighted by Crippen LogP contribution is 2.28. The Morgan fingerprint density at radius 2 is 2.16 bits per heavy atom. The number of methoxy groups -OCH3 is 1. The van der Waals surface area contributed by atoms with Gasteiger partial charge < -0.3 is 10.5 Å². The van der Waals surface area contributed by atoms with Crippen LogP contribution in [-0.4, -0.2) is 24.7 Å². The number of hydrogen-bond acceptors (Lipinski definition) is 3. The average molecular weight is 344 g/mol. The zero-order chi connectivity index (χ0) is 13.7. The summed E-state index contributed by atoms with van der Waals surface area (Å²) in [6, 6.07) is 6.51. The van der Waals surface area contributed by atoms with Gasteiger partial charge in [0, 0.05) is 6.04 Å². The van der Waals surface area contributed by atoms with E-state index in [0.29, 0.717) is 0 Å². The Hall–Kier alpha value is -0.190. The summed E-state index contributed by atoms with van der Waals surface area (Å²) in [4.78, 5) is 0. The third-order valence-corrected chi connectivity index (χ3v) is 5.36. The summed E-state index contributed by atoms with van der Waals surface area (Å²) in [6.07, 6.45) is 4.78. The van der Waals surface area contributed by atoms with Crippen molar-refractivity contribution in [3.63, 3.8) is 0 Å². The lowest BCUT2D eigenvalue weighted by molar-refractivity contribution is 0.404. The SMILES string of the molecule is COc1ccc(CC(N)CC2CCSCC2)cc1Br. The van der Waals surface area contributed by atoms with Gasteiger partial charge in [0.2, 0.25) is 0 Å². The molecule has 106 valence electrons. The first-order chi connectivity index (χ1) is 9.19. The van der Waals surface area contributed by atoms with Gasteiger partial charge in [-0.2, -0.15) is 11.8 Å². The molecule has 2 N–H and O–H groups in total. The van der Waals surface area contributed by atoms with E-state index in [0.717, 1.165) is 29.0 Å². The van der Waals surface area contributed by atoms with Gasteiger partial charge in [0.25, 0.3) is 0 Å². The van der Waals surface area contributed by atoms with E-state index in [1.54, 1.807) is 7.11 Å². The Kier molecular flexibility index (Phi) is 6.05. The van der Waals surface area contributed by atoms with Crippen molar-refractivity contribution in [2.45, 2.75) is 31.7 Å². The van der Waals surface area contributed by atoms with Crippen LogP contribution in [0.1, 0.15) is 24.8 Å². The molecule has 1 unspecified atom stereocenters. The Labute approximate surface area is 128 Å². The molecule has 1 fully saturated rings. The Balaban J connectivity index is 1.87. The number of benzene rings is 1. The highest BCUT2D eigenvalue weighted by Gasteiger charge is 2.17. The van der Waals surface area contributed by atoms with E-state index in [9.17, 15) is 0 Å². The molecule has 4 heteroatoms. The molecule has 0 aliphatic carbocycles. The molecule has 0 saturated carbocycles. The topological polar surface area (TPSA) is 35.2 Å². The zero-order valence-corrected chi connectivity index (χ0v) is 13.8. The van der Waals surface area contributed by atoms with Crippen LogP contribution in [-0.2, 0) is 6.42 Å². The molecular weight excluding hydrogens is 322 g/mol. The summed E-state index contributed by atoms with van der Waals surface area (Å²) in [5.74, 6) is 4.33. The smallest absolute Gasteiger partial charge is 0.133 e. The maximum atomic E-state index is 6.30. The molecule has 1 aliphatic heterocycles. The maximum absolute atomic E-state index is 6.30. The van der Waals surface area contributed by atoms with Gasteiger partial charge in [-0.25, -0.2) is 0 Å². The number of ether oxygens (including phenoxy) is 1. The summed E-state index contributed by atoms with van der Waals surface area (Å²) in [5.41, 5.74) is 7.59. The van der Waals surface area contributed by atoms with Crippen LogP contribution < -0.4 is 10.5 Å². The highest BCUT2D eigenvalue weighted by atomic mass is 79.9. The number of nitrogens with two attached hydrogens (primary N) is 1. The second kappa shape index (κ2) is 7.55. The molecule has 19 heavy (non-hydrogen) atoms. The van der Waals surface area contributed by atoms with E-state index >= 15 is 0 Å². The van der Waals surface area contributed by atoms with E-state index in [1.807, 2.05) is 6.07 Å². The van der Waals surface area contributed by atoms with Gasteiger partial charge in [-0.05, 0) is 76.7 Å². The van der Waals surface area contributed by atoms with Gasteiger partial charge in [-0.15, -0.1) is 0 Å². The first-order valence-corrected chi connectivity index (χ1v) is 8.79. The summed E-state index contributed by atoms with van der Waals surface area (Å²) >= 11 is 5.60. The van der Waals surface area contributed by atoms with Gasteiger partial charge >= 0.3 is 0 Å². The summed E-state index contributed by atoms with van der Waals surface area (Å²) < 4.78 is 6.25. The van der Waals surface area contributed by atoms with Crippen molar-refractivity contribution in [3.8, 4) is 5.75 Å². The van der Waals surface area contributed by atoms with Crippen molar-refractivity contribution < 1.29 is 4.74 Å². The van der Waals surface area contributed by atoms with Crippen LogP contribution in [0.25, 0.3) is 0 Å². The molecule has 1 heterocycles. The molecule has 1 saturated heterocycles. The predicted molar refractivity (Wildman–Crippen MR) is 87.0 cm³/mol. The monoisotopic (exact) mass is 343 g/mol. The molecule has 0 spiro atoms. The standard InChI is InChI=1S/C15H22BrNOS/c1-18-15-3-2-12(10-14(15)16)9-13(17)8-11-4-6-19-7-5-11/h2-3,10-11,13H,4-9,17H2,1H3. The largest absolute Gasteiger partial charge is 0.496 e. The van der Waals surface area contributed by atoms with Gasteiger partial charge in [0.05, 0.1) is 11.6 Å². The molecule has 0 aromatic heterocycles. The molecule has 1 aromatic rings. The van der Waals surface area contributed by atoms with Gasteiger partial charge in [0.15, 0.2) is 0 Å². The molecular formula is C15H22BrNOS. The van der Waals surface area contributed by atoms with E-state index in [4.69, 9.17) is 10.5 Å². The van der Waals surface area contributed by atoms with Crippen LogP contribution >= 0.6 is 27.7 Å². The molecule has 0 radical (unpaired) electrons. The third kappa shape index (κ3) is 4.69. The fourth-order valence-corrected chi connectivity index (χ4v) is 4.43. The van der Waals surface area contributed by atoms with Crippen molar-refractivity contribution in [2.75, 3.05) is 18.6 Å². The van der Waals surface area contributed by atoms with Crippen LogP contribution in [0.4, 0.5) is 0 Å². The molecule has 1 aromatic carbocycles. The van der Waals surface area contributed by atoms with E-state index in [-0.39, 0.29) is 6.04 Å². The Morgan fingerprint density at radius 3 is 2.79 bits per heavy atom. The zero-order valence-electron chi connectivity index (χ0n) is 11.4. The van der Waals surface area contributed by atoms with E-state index in [1.165, 1.54) is 29.9 Å². The average Bonchev–Trinajstić information content (AvgIpc) is 2.40. The van der Waals surface area contributed by atoms with Crippen LogP contribution in [0.15, 0.2) is 22.7 Å². The Bertz CT molecular complexity index is 407. The fraction of sp³-hybridized carbons (Fsp3) is 0.600. The van der Waals surface area contributed by atoms with E-state index in [2.05, 4.69) is 39.8 Å². The lowest BCUT2D eigenvalue weighted by Gasteiger charge is -2.24. The predicted octanol–water partition coefficient (Wildman–Crippen LogP) is 3.86. The minimum absolute atomic E-state index is 0.272. The minimum Gasteiger partial charge on any atom is -0.496 e. The summed E-state index contributed by atoms with van der Waals surface area (Å²) in [6.45, 7) is 0. The fourth-order valence-electron chi connectivity index (χ4n) is 2.63. The molecule has 2 nitrogen and oxygen atoms in total. The molecule has 1 atom stereocenters. The van der Waals surface area contributed by atoms with Crippen LogP contribution in [0.3, 0.4) is 0 Å². The van der Waals surface area contributed by atoms with Gasteiger partial charge in [-0.1, -0.05) is 6.07 Å². The van der Waals surface area contributed by atoms with Crippen molar-refractivity contribution >= 4 is 27.7 Å². The molecule has 1 aliphatic rings. The third-order valence-electron chi connectivity index (χ3n) is 3.69. The van der Waals surface area contributed by atoms with Crippen molar-refractivity contribution in [3.05, 3.63) is 28.2 Å². The minimum atomic E-state index is 0.272. The second-order valence-electron chi connectivity index (χ2n) is 5.22. The number of hydrogen-bond donors (Lipinski definition) is 1. The quantitative estimate of drug-likeness (QED) is 0.881. The van der Waals surface area contributed by atoms with Crippen LogP contribution in [0, 0.1) is 5.92 Å². The second-order valence-corrected chi connectivity index (χ2v) is 7.30. The van der Waals surface area contributed by atoms with Crippen LogP contribution in [0.5, 0.6) is 5.75 Å². The lowest BCUT2D eigenvalue weighted by atomic mass is 9.91.